The Kier molecular flexibility index (Phi) is 6.87. The molecule has 2 aliphatic rings. The molecule has 0 saturated heterocycles. The highest BCUT2D eigenvalue weighted by molar-refractivity contribution is 6.05. The van der Waals surface area contributed by atoms with E-state index in [4.69, 9.17) is 9.84 Å². The zero-order valence-corrected chi connectivity index (χ0v) is 20.9. The summed E-state index contributed by atoms with van der Waals surface area (Å²) in [5.74, 6) is 2.09. The van der Waals surface area contributed by atoms with Crippen molar-refractivity contribution in [2.75, 3.05) is 13.7 Å². The number of methoxy groups -OCH3 is 1. The summed E-state index contributed by atoms with van der Waals surface area (Å²) in [5.41, 5.74) is 3.09. The lowest BCUT2D eigenvalue weighted by Gasteiger charge is -2.35. The molecule has 5 rings (SSSR count). The van der Waals surface area contributed by atoms with Gasteiger partial charge in [-0.15, -0.1) is 0 Å². The fourth-order valence-corrected chi connectivity index (χ4v) is 5.54. The highest BCUT2D eigenvalue weighted by Gasteiger charge is 2.34. The Hall–Kier alpha value is -3.18. The molecule has 1 N–H and O–H groups in total. The van der Waals surface area contributed by atoms with E-state index in [0.717, 1.165) is 29.0 Å². The van der Waals surface area contributed by atoms with Crippen molar-refractivity contribution in [2.45, 2.75) is 51.6 Å². The lowest BCUT2D eigenvalue weighted by molar-refractivity contribution is -0.132. The lowest BCUT2D eigenvalue weighted by atomic mass is 9.78. The number of nitrogens with zero attached hydrogens (tertiary/aromatic N) is 2. The Labute approximate surface area is 208 Å². The van der Waals surface area contributed by atoms with Gasteiger partial charge < -0.3 is 10.1 Å². The van der Waals surface area contributed by atoms with Gasteiger partial charge in [0.1, 0.15) is 5.75 Å². The highest BCUT2D eigenvalue weighted by Crippen LogP contribution is 2.34. The Morgan fingerprint density at radius 1 is 1.03 bits per heavy atom. The molecule has 1 amide bonds. The van der Waals surface area contributed by atoms with E-state index >= 15 is 0 Å². The highest BCUT2D eigenvalue weighted by atomic mass is 16.5. The Morgan fingerprint density at radius 3 is 2.57 bits per heavy atom. The summed E-state index contributed by atoms with van der Waals surface area (Å²) >= 11 is 0. The number of hydrazone groups is 1. The SMILES string of the molecule is COc1ccc(C2CC(c3ccc4ccccc4c3)=NN2C(=O)CNC2CCCC(C)C2C)cc1. The van der Waals surface area contributed by atoms with Crippen LogP contribution in [0.3, 0.4) is 0 Å². The first-order valence-corrected chi connectivity index (χ1v) is 12.8. The summed E-state index contributed by atoms with van der Waals surface area (Å²) in [6.07, 6.45) is 4.32. The van der Waals surface area contributed by atoms with E-state index in [0.29, 0.717) is 30.8 Å². The number of carbonyl (C=O) groups excluding carboxylic acids is 1. The van der Waals surface area contributed by atoms with Crippen LogP contribution in [0.15, 0.2) is 71.8 Å². The molecule has 0 spiro atoms. The van der Waals surface area contributed by atoms with Crippen LogP contribution < -0.4 is 10.1 Å². The van der Waals surface area contributed by atoms with Crippen LogP contribution in [0.4, 0.5) is 0 Å². The predicted molar refractivity (Wildman–Crippen MR) is 142 cm³/mol. The smallest absolute Gasteiger partial charge is 0.257 e. The van der Waals surface area contributed by atoms with Gasteiger partial charge in [-0.3, -0.25) is 4.79 Å². The number of amides is 1. The number of nitrogens with one attached hydrogen (secondary N) is 1. The van der Waals surface area contributed by atoms with Gasteiger partial charge in [0.25, 0.3) is 5.91 Å². The molecule has 5 nitrogen and oxygen atoms in total. The van der Waals surface area contributed by atoms with E-state index in [2.05, 4.69) is 61.6 Å². The summed E-state index contributed by atoms with van der Waals surface area (Å²) in [5, 5.41) is 12.5. The summed E-state index contributed by atoms with van der Waals surface area (Å²) < 4.78 is 5.34. The molecular formula is C30H35N3O2. The van der Waals surface area contributed by atoms with E-state index < -0.39 is 0 Å². The summed E-state index contributed by atoms with van der Waals surface area (Å²) in [7, 11) is 1.67. The average molecular weight is 470 g/mol. The Morgan fingerprint density at radius 2 is 1.80 bits per heavy atom. The number of benzene rings is 3. The van der Waals surface area contributed by atoms with Crippen molar-refractivity contribution in [3.63, 3.8) is 0 Å². The zero-order chi connectivity index (χ0) is 24.4. The molecule has 5 heteroatoms. The van der Waals surface area contributed by atoms with Crippen molar-refractivity contribution < 1.29 is 9.53 Å². The largest absolute Gasteiger partial charge is 0.497 e. The van der Waals surface area contributed by atoms with Gasteiger partial charge in [0.05, 0.1) is 25.4 Å². The first-order valence-electron chi connectivity index (χ1n) is 12.8. The summed E-state index contributed by atoms with van der Waals surface area (Å²) in [6, 6.07) is 23.0. The second-order valence-corrected chi connectivity index (χ2v) is 10.1. The minimum Gasteiger partial charge on any atom is -0.497 e. The van der Waals surface area contributed by atoms with E-state index in [1.165, 1.54) is 23.6 Å². The van der Waals surface area contributed by atoms with Crippen molar-refractivity contribution in [1.82, 2.24) is 10.3 Å². The standard InChI is InChI=1S/C30H35N3O2/c1-20-7-6-10-27(21(20)2)31-19-30(34)33-29(23-13-15-26(35-3)16-14-23)18-28(32-33)25-12-11-22-8-4-5-9-24(22)17-25/h4-5,8-9,11-17,20-21,27,29,31H,6-7,10,18-19H2,1-3H3. The maximum atomic E-state index is 13.5. The fraction of sp³-hybridized carbons (Fsp3) is 0.400. The van der Waals surface area contributed by atoms with Gasteiger partial charge in [-0.2, -0.15) is 5.10 Å². The van der Waals surface area contributed by atoms with Crippen molar-refractivity contribution >= 4 is 22.4 Å². The van der Waals surface area contributed by atoms with Crippen LogP contribution in [0.25, 0.3) is 10.8 Å². The van der Waals surface area contributed by atoms with Crippen molar-refractivity contribution in [1.29, 1.82) is 0 Å². The van der Waals surface area contributed by atoms with Crippen LogP contribution in [0.5, 0.6) is 5.75 Å². The van der Waals surface area contributed by atoms with Gasteiger partial charge in [-0.1, -0.05) is 75.2 Å². The molecule has 1 aliphatic heterocycles. The van der Waals surface area contributed by atoms with Crippen molar-refractivity contribution in [3.05, 3.63) is 77.9 Å². The van der Waals surface area contributed by atoms with Crippen LogP contribution in [0.2, 0.25) is 0 Å². The topological polar surface area (TPSA) is 53.9 Å². The molecular weight excluding hydrogens is 434 g/mol. The molecule has 182 valence electrons. The molecule has 1 saturated carbocycles. The van der Waals surface area contributed by atoms with Crippen molar-refractivity contribution in [3.8, 4) is 5.75 Å². The second-order valence-electron chi connectivity index (χ2n) is 10.1. The number of hydrogen-bond acceptors (Lipinski definition) is 4. The maximum absolute atomic E-state index is 13.5. The molecule has 35 heavy (non-hydrogen) atoms. The molecule has 0 bridgehead atoms. The third-order valence-electron chi connectivity index (χ3n) is 7.97. The van der Waals surface area contributed by atoms with E-state index in [1.54, 1.807) is 12.1 Å². The second kappa shape index (κ2) is 10.2. The summed E-state index contributed by atoms with van der Waals surface area (Å²) in [6.45, 7) is 4.93. The number of hydrogen-bond donors (Lipinski definition) is 1. The van der Waals surface area contributed by atoms with Gasteiger partial charge in [0.2, 0.25) is 0 Å². The summed E-state index contributed by atoms with van der Waals surface area (Å²) in [4.78, 5) is 13.5. The minimum absolute atomic E-state index is 0.0204. The fourth-order valence-electron chi connectivity index (χ4n) is 5.54. The van der Waals surface area contributed by atoms with Gasteiger partial charge >= 0.3 is 0 Å². The van der Waals surface area contributed by atoms with E-state index in [-0.39, 0.29) is 11.9 Å². The van der Waals surface area contributed by atoms with Crippen LogP contribution in [-0.2, 0) is 4.79 Å². The monoisotopic (exact) mass is 469 g/mol. The molecule has 1 heterocycles. The van der Waals surface area contributed by atoms with Gasteiger partial charge in [-0.05, 0) is 58.4 Å². The number of carbonyl (C=O) groups is 1. The molecule has 0 aromatic heterocycles. The first-order chi connectivity index (χ1) is 17.0. The number of ether oxygens (including phenoxy) is 1. The van der Waals surface area contributed by atoms with Crippen molar-refractivity contribution in [2.24, 2.45) is 16.9 Å². The lowest BCUT2D eigenvalue weighted by Crippen LogP contribution is -2.45. The predicted octanol–water partition coefficient (Wildman–Crippen LogP) is 5.94. The third kappa shape index (κ3) is 4.96. The molecule has 0 radical (unpaired) electrons. The average Bonchev–Trinajstić information content (AvgIpc) is 3.35. The first kappa shape index (κ1) is 23.6. The molecule has 3 aromatic rings. The van der Waals surface area contributed by atoms with Crippen LogP contribution >= 0.6 is 0 Å². The molecule has 1 fully saturated rings. The quantitative estimate of drug-likeness (QED) is 0.486. The normalized spacial score (nSPS) is 24.4. The number of fused-ring (bicyclic) bond motifs is 1. The Balaban J connectivity index is 1.40. The van der Waals surface area contributed by atoms with Crippen LogP contribution in [0, 0.1) is 11.8 Å². The maximum Gasteiger partial charge on any atom is 0.257 e. The van der Waals surface area contributed by atoms with E-state index in [1.807, 2.05) is 24.3 Å². The minimum atomic E-state index is -0.126. The Bertz CT molecular complexity index is 1220. The van der Waals surface area contributed by atoms with E-state index in [9.17, 15) is 4.79 Å². The molecule has 4 atom stereocenters. The number of rotatable bonds is 6. The molecule has 4 unspecified atom stereocenters. The van der Waals surface area contributed by atoms with Crippen LogP contribution in [-0.4, -0.2) is 36.3 Å². The van der Waals surface area contributed by atoms with Crippen LogP contribution in [0.1, 0.15) is 56.7 Å². The molecule has 3 aromatic carbocycles. The molecule has 1 aliphatic carbocycles. The van der Waals surface area contributed by atoms with Gasteiger partial charge in [0.15, 0.2) is 0 Å². The van der Waals surface area contributed by atoms with Gasteiger partial charge in [-0.25, -0.2) is 5.01 Å². The zero-order valence-electron chi connectivity index (χ0n) is 20.9. The third-order valence-corrected chi connectivity index (χ3v) is 7.97. The van der Waals surface area contributed by atoms with Gasteiger partial charge in [0, 0.05) is 12.5 Å².